The number of nitrogens with zero attached hydrogens (tertiary/aromatic N) is 1. The van der Waals surface area contributed by atoms with Gasteiger partial charge in [0.25, 0.3) is 0 Å². The fourth-order valence-corrected chi connectivity index (χ4v) is 1.95. The van der Waals surface area contributed by atoms with E-state index in [1.165, 1.54) is 0 Å². The molecule has 18 heavy (non-hydrogen) atoms. The number of carbonyl (C=O) groups is 1. The lowest BCUT2D eigenvalue weighted by molar-refractivity contribution is 0.0888. The zero-order chi connectivity index (χ0) is 13.4. The largest absolute Gasteiger partial charge is 0.383 e. The van der Waals surface area contributed by atoms with Gasteiger partial charge in [-0.25, -0.2) is 4.79 Å². The molecule has 1 aliphatic rings. The number of nitrogens with one attached hydrogen (secondary N) is 1. The molecule has 6 nitrogen and oxygen atoms in total. The number of rotatable bonds is 7. The van der Waals surface area contributed by atoms with Crippen LogP contribution in [0.2, 0.25) is 0 Å². The first kappa shape index (κ1) is 15.2. The highest BCUT2D eigenvalue weighted by atomic mass is 16.5. The Morgan fingerprint density at radius 3 is 2.83 bits per heavy atom. The molecule has 106 valence electrons. The van der Waals surface area contributed by atoms with Crippen molar-refractivity contribution in [2.24, 2.45) is 0 Å². The van der Waals surface area contributed by atoms with Crippen LogP contribution in [0, 0.1) is 0 Å². The van der Waals surface area contributed by atoms with Gasteiger partial charge < -0.3 is 24.4 Å². The average Bonchev–Trinajstić information content (AvgIpc) is 2.82. The first-order valence-corrected chi connectivity index (χ1v) is 6.31. The van der Waals surface area contributed by atoms with Crippen molar-refractivity contribution in [2.75, 3.05) is 47.2 Å². The Labute approximate surface area is 109 Å². The molecule has 1 saturated heterocycles. The second kappa shape index (κ2) is 8.29. The summed E-state index contributed by atoms with van der Waals surface area (Å²) < 4.78 is 15.4. The maximum Gasteiger partial charge on any atom is 0.318 e. The number of urea groups is 1. The van der Waals surface area contributed by atoms with Crippen LogP contribution in [0.1, 0.15) is 13.3 Å². The molecular formula is C12H24N2O4. The van der Waals surface area contributed by atoms with Crippen molar-refractivity contribution in [2.45, 2.75) is 25.4 Å². The van der Waals surface area contributed by atoms with Crippen molar-refractivity contribution in [1.29, 1.82) is 0 Å². The Morgan fingerprint density at radius 1 is 1.50 bits per heavy atom. The van der Waals surface area contributed by atoms with Gasteiger partial charge in [-0.1, -0.05) is 0 Å². The van der Waals surface area contributed by atoms with Gasteiger partial charge in [-0.15, -0.1) is 0 Å². The van der Waals surface area contributed by atoms with Gasteiger partial charge in [0.1, 0.15) is 0 Å². The van der Waals surface area contributed by atoms with E-state index in [2.05, 4.69) is 5.32 Å². The summed E-state index contributed by atoms with van der Waals surface area (Å²) in [4.78, 5) is 13.9. The summed E-state index contributed by atoms with van der Waals surface area (Å²) in [5.41, 5.74) is 0. The third kappa shape index (κ3) is 4.80. The Hall–Kier alpha value is -0.850. The van der Waals surface area contributed by atoms with Crippen LogP contribution < -0.4 is 5.32 Å². The van der Waals surface area contributed by atoms with Crippen molar-refractivity contribution in [1.82, 2.24) is 10.2 Å². The Morgan fingerprint density at radius 2 is 2.28 bits per heavy atom. The predicted octanol–water partition coefficient (Wildman–Crippen LogP) is 0.468. The molecule has 0 spiro atoms. The summed E-state index contributed by atoms with van der Waals surface area (Å²) in [6.45, 7) is 4.87. The first-order valence-electron chi connectivity index (χ1n) is 6.31. The van der Waals surface area contributed by atoms with Crippen molar-refractivity contribution in [3.8, 4) is 0 Å². The Bertz CT molecular complexity index is 244. The van der Waals surface area contributed by atoms with Crippen LogP contribution in [0.5, 0.6) is 0 Å². The van der Waals surface area contributed by atoms with Crippen molar-refractivity contribution in [3.63, 3.8) is 0 Å². The van der Waals surface area contributed by atoms with Gasteiger partial charge in [-0.3, -0.25) is 0 Å². The zero-order valence-corrected chi connectivity index (χ0v) is 11.5. The van der Waals surface area contributed by atoms with Gasteiger partial charge in [0.05, 0.1) is 31.9 Å². The van der Waals surface area contributed by atoms with Crippen LogP contribution >= 0.6 is 0 Å². The number of amides is 2. The molecule has 0 aromatic heterocycles. The fourth-order valence-electron chi connectivity index (χ4n) is 1.95. The molecule has 6 heteroatoms. The second-order valence-corrected chi connectivity index (χ2v) is 4.50. The summed E-state index contributed by atoms with van der Waals surface area (Å²) in [6.07, 6.45) is 0.877. The summed E-state index contributed by atoms with van der Waals surface area (Å²) >= 11 is 0. The number of methoxy groups -OCH3 is 2. The van der Waals surface area contributed by atoms with Crippen LogP contribution in [-0.2, 0) is 14.2 Å². The van der Waals surface area contributed by atoms with Gasteiger partial charge in [-0.05, 0) is 13.3 Å². The highest BCUT2D eigenvalue weighted by molar-refractivity contribution is 5.75. The third-order valence-corrected chi connectivity index (χ3v) is 2.99. The minimum absolute atomic E-state index is 0.0208. The number of hydrogen-bond donors (Lipinski definition) is 1. The topological polar surface area (TPSA) is 60.0 Å². The van der Waals surface area contributed by atoms with Gasteiger partial charge in [-0.2, -0.15) is 0 Å². The van der Waals surface area contributed by atoms with Gasteiger partial charge in [0.15, 0.2) is 0 Å². The number of hydrogen-bond acceptors (Lipinski definition) is 4. The molecule has 1 aliphatic heterocycles. The third-order valence-electron chi connectivity index (χ3n) is 2.99. The van der Waals surface area contributed by atoms with E-state index in [0.717, 1.165) is 13.0 Å². The zero-order valence-electron chi connectivity index (χ0n) is 11.5. The monoisotopic (exact) mass is 260 g/mol. The minimum Gasteiger partial charge on any atom is -0.383 e. The smallest absolute Gasteiger partial charge is 0.318 e. The lowest BCUT2D eigenvalue weighted by atomic mass is 10.2. The lowest BCUT2D eigenvalue weighted by Crippen LogP contribution is -2.51. The second-order valence-electron chi connectivity index (χ2n) is 4.50. The normalized spacial score (nSPS) is 20.7. The molecule has 0 aromatic rings. The van der Waals surface area contributed by atoms with Gasteiger partial charge in [0, 0.05) is 27.4 Å². The summed E-state index contributed by atoms with van der Waals surface area (Å²) in [5, 5.41) is 2.98. The molecule has 2 atom stereocenters. The van der Waals surface area contributed by atoms with Gasteiger partial charge in [0.2, 0.25) is 0 Å². The number of carbonyl (C=O) groups excluding carboxylic acids is 1. The quantitative estimate of drug-likeness (QED) is 0.723. The highest BCUT2D eigenvalue weighted by Gasteiger charge is 2.24. The number of ether oxygens (including phenoxy) is 3. The minimum atomic E-state index is -0.0768. The molecule has 0 saturated carbocycles. The van der Waals surface area contributed by atoms with Crippen molar-refractivity contribution in [3.05, 3.63) is 0 Å². The van der Waals surface area contributed by atoms with E-state index < -0.39 is 0 Å². The standard InChI is InChI=1S/C12H24N2O4/c1-10(8-17-3)14(5-7-16-2)12(15)13-11-4-6-18-9-11/h10-11H,4-9H2,1-3H3,(H,13,15). The molecule has 0 aliphatic carbocycles. The van der Waals surface area contributed by atoms with E-state index in [1.807, 2.05) is 6.92 Å². The van der Waals surface area contributed by atoms with E-state index in [4.69, 9.17) is 14.2 Å². The van der Waals surface area contributed by atoms with Gasteiger partial charge >= 0.3 is 6.03 Å². The fraction of sp³-hybridized carbons (Fsp3) is 0.917. The van der Waals surface area contributed by atoms with Crippen LogP contribution in [-0.4, -0.2) is 70.2 Å². The van der Waals surface area contributed by atoms with Crippen LogP contribution in [0.3, 0.4) is 0 Å². The SMILES string of the molecule is COCCN(C(=O)NC1CCOC1)C(C)COC. The maximum absolute atomic E-state index is 12.2. The van der Waals surface area contributed by atoms with E-state index in [0.29, 0.717) is 26.4 Å². The summed E-state index contributed by atoms with van der Waals surface area (Å²) in [7, 11) is 3.26. The molecule has 0 bridgehead atoms. The predicted molar refractivity (Wildman–Crippen MR) is 67.7 cm³/mol. The molecule has 2 amide bonds. The summed E-state index contributed by atoms with van der Waals surface area (Å²) in [5.74, 6) is 0. The maximum atomic E-state index is 12.2. The van der Waals surface area contributed by atoms with E-state index >= 15 is 0 Å². The molecule has 0 aromatic carbocycles. The van der Waals surface area contributed by atoms with Crippen molar-refractivity contribution < 1.29 is 19.0 Å². The van der Waals surface area contributed by atoms with E-state index in [-0.39, 0.29) is 18.1 Å². The average molecular weight is 260 g/mol. The molecular weight excluding hydrogens is 236 g/mol. The summed E-state index contributed by atoms with van der Waals surface area (Å²) in [6, 6.07) is 0.0665. The molecule has 2 unspecified atom stereocenters. The lowest BCUT2D eigenvalue weighted by Gasteiger charge is -2.29. The first-order chi connectivity index (χ1) is 8.69. The van der Waals surface area contributed by atoms with Crippen molar-refractivity contribution >= 4 is 6.03 Å². The van der Waals surface area contributed by atoms with Crippen LogP contribution in [0.25, 0.3) is 0 Å². The Kier molecular flexibility index (Phi) is 7.00. The Balaban J connectivity index is 2.47. The molecule has 0 radical (unpaired) electrons. The molecule has 1 N–H and O–H groups in total. The highest BCUT2D eigenvalue weighted by Crippen LogP contribution is 2.06. The van der Waals surface area contributed by atoms with E-state index in [1.54, 1.807) is 19.1 Å². The molecule has 1 rings (SSSR count). The molecule has 1 heterocycles. The van der Waals surface area contributed by atoms with Crippen LogP contribution in [0.4, 0.5) is 4.79 Å². The molecule has 1 fully saturated rings. The van der Waals surface area contributed by atoms with E-state index in [9.17, 15) is 4.79 Å². The van der Waals surface area contributed by atoms with Crippen LogP contribution in [0.15, 0.2) is 0 Å².